The van der Waals surface area contributed by atoms with Crippen LogP contribution in [0.3, 0.4) is 0 Å². The van der Waals surface area contributed by atoms with Gasteiger partial charge in [0, 0.05) is 29.2 Å². The van der Waals surface area contributed by atoms with E-state index in [1.165, 1.54) is 11.0 Å². The van der Waals surface area contributed by atoms with E-state index in [9.17, 15) is 9.90 Å². The maximum atomic E-state index is 13.8. The Morgan fingerprint density at radius 3 is 2.76 bits per heavy atom. The molecule has 2 aliphatic carbocycles. The van der Waals surface area contributed by atoms with Gasteiger partial charge in [-0.3, -0.25) is 4.79 Å². The predicted octanol–water partition coefficient (Wildman–Crippen LogP) is 6.05. The first-order valence-corrected chi connectivity index (χ1v) is 12.4. The molecular weight excluding hydrogens is 408 g/mol. The number of hydrogen-bond acceptors (Lipinski definition) is 2. The van der Waals surface area contributed by atoms with Gasteiger partial charge in [-0.25, -0.2) is 0 Å². The molecule has 4 heteroatoms. The quantitative estimate of drug-likeness (QED) is 0.554. The number of carbonyl (C=O) groups excluding carboxylic acids is 1. The summed E-state index contributed by atoms with van der Waals surface area (Å²) in [6.45, 7) is 11.6. The number of benzene rings is 1. The fourth-order valence-corrected chi connectivity index (χ4v) is 6.63. The predicted molar refractivity (Wildman–Crippen MR) is 134 cm³/mol. The molecule has 1 aromatic heterocycles. The fraction of sp³-hybridized carbons (Fsp3) is 0.483. The van der Waals surface area contributed by atoms with Crippen molar-refractivity contribution < 1.29 is 9.90 Å². The minimum absolute atomic E-state index is 0.0265. The lowest BCUT2D eigenvalue weighted by atomic mass is 9.62. The summed E-state index contributed by atoms with van der Waals surface area (Å²) in [6.07, 6.45) is 8.87. The van der Waals surface area contributed by atoms with E-state index < -0.39 is 6.10 Å². The van der Waals surface area contributed by atoms with Gasteiger partial charge in [0.15, 0.2) is 0 Å². The molecule has 2 aromatic rings. The molecule has 5 rings (SSSR count). The second-order valence-electron chi connectivity index (χ2n) is 10.9. The Labute approximate surface area is 197 Å². The van der Waals surface area contributed by atoms with E-state index in [0.717, 1.165) is 59.9 Å². The summed E-state index contributed by atoms with van der Waals surface area (Å²) in [7, 11) is 0. The standard InChI is InChI=1S/C29H36N2O2/c1-18-9-10-21-11-12-24-27(29(21,3)4)26(15-19(2)14-22(32)13-18)31(28(24)33)17-20-16-30-25-8-6-5-7-23(20)25/h5-8,14,16,21-22,26,30,32H,1,9-13,15,17H2,2-4H3/b19-14+/t21-,22+,26-/m1/s1. The first-order chi connectivity index (χ1) is 15.8. The van der Waals surface area contributed by atoms with Crippen molar-refractivity contribution >= 4 is 16.8 Å². The highest BCUT2D eigenvalue weighted by Crippen LogP contribution is 2.53. The average molecular weight is 445 g/mol. The lowest BCUT2D eigenvalue weighted by Gasteiger charge is -2.43. The van der Waals surface area contributed by atoms with Crippen molar-refractivity contribution in [3.63, 3.8) is 0 Å². The minimum atomic E-state index is -0.502. The van der Waals surface area contributed by atoms with Gasteiger partial charge < -0.3 is 15.0 Å². The largest absolute Gasteiger partial charge is 0.389 e. The van der Waals surface area contributed by atoms with Crippen LogP contribution in [0.1, 0.15) is 64.9 Å². The van der Waals surface area contributed by atoms with Gasteiger partial charge in [-0.15, -0.1) is 0 Å². The van der Waals surface area contributed by atoms with Gasteiger partial charge in [-0.2, -0.15) is 0 Å². The van der Waals surface area contributed by atoms with Gasteiger partial charge in [-0.05, 0) is 74.0 Å². The third-order valence-corrected chi connectivity index (χ3v) is 8.36. The van der Waals surface area contributed by atoms with Crippen molar-refractivity contribution in [1.29, 1.82) is 0 Å². The molecule has 2 heterocycles. The Morgan fingerprint density at radius 2 is 1.94 bits per heavy atom. The van der Waals surface area contributed by atoms with Crippen LogP contribution in [0, 0.1) is 11.3 Å². The van der Waals surface area contributed by atoms with Crippen LogP contribution in [0.25, 0.3) is 10.9 Å². The van der Waals surface area contributed by atoms with Gasteiger partial charge >= 0.3 is 0 Å². The van der Waals surface area contributed by atoms with E-state index in [0.29, 0.717) is 18.9 Å². The number of rotatable bonds is 2. The second-order valence-corrected chi connectivity index (χ2v) is 10.9. The summed E-state index contributed by atoms with van der Waals surface area (Å²) in [6, 6.07) is 8.35. The van der Waals surface area contributed by atoms with Crippen LogP contribution in [0.2, 0.25) is 0 Å². The van der Waals surface area contributed by atoms with Crippen LogP contribution < -0.4 is 0 Å². The molecule has 0 unspecified atom stereocenters. The molecule has 1 aliphatic heterocycles. The first kappa shape index (κ1) is 22.2. The molecule has 1 aromatic carbocycles. The zero-order chi connectivity index (χ0) is 23.3. The van der Waals surface area contributed by atoms with Crippen LogP contribution in [0.4, 0.5) is 0 Å². The molecule has 0 spiro atoms. The summed E-state index contributed by atoms with van der Waals surface area (Å²) in [5, 5.41) is 11.8. The van der Waals surface area contributed by atoms with Crippen molar-refractivity contribution in [2.75, 3.05) is 0 Å². The van der Waals surface area contributed by atoms with Crippen molar-refractivity contribution in [1.82, 2.24) is 9.88 Å². The molecule has 33 heavy (non-hydrogen) atoms. The van der Waals surface area contributed by atoms with E-state index >= 15 is 0 Å². The number of hydrogen-bond donors (Lipinski definition) is 2. The Morgan fingerprint density at radius 1 is 1.18 bits per heavy atom. The van der Waals surface area contributed by atoms with E-state index in [2.05, 4.69) is 61.6 Å². The number of carbonyl (C=O) groups is 1. The number of aromatic nitrogens is 1. The third kappa shape index (κ3) is 3.89. The van der Waals surface area contributed by atoms with Crippen LogP contribution in [0.5, 0.6) is 0 Å². The summed E-state index contributed by atoms with van der Waals surface area (Å²) in [5.41, 5.74) is 6.91. The average Bonchev–Trinajstić information content (AvgIpc) is 3.27. The molecule has 3 aliphatic rings. The minimum Gasteiger partial charge on any atom is -0.389 e. The normalized spacial score (nSPS) is 29.6. The zero-order valence-electron chi connectivity index (χ0n) is 20.2. The highest BCUT2D eigenvalue weighted by atomic mass is 16.3. The first-order valence-electron chi connectivity index (χ1n) is 12.4. The summed E-state index contributed by atoms with van der Waals surface area (Å²) < 4.78 is 0. The number of amides is 1. The molecule has 174 valence electrons. The molecule has 1 amide bonds. The molecule has 3 atom stereocenters. The number of nitrogens with zero attached hydrogens (tertiary/aromatic N) is 1. The highest BCUT2D eigenvalue weighted by Gasteiger charge is 2.50. The molecule has 0 saturated carbocycles. The molecule has 4 nitrogen and oxygen atoms in total. The zero-order valence-corrected chi connectivity index (χ0v) is 20.2. The SMILES string of the molecule is C=C1CC[C@@H]2CCC3=C([C@@H](C/C(C)=C/[C@@H](O)C1)N(Cc1c[nH]c4ccccc14)C3=O)C2(C)C. The van der Waals surface area contributed by atoms with E-state index in [1.807, 2.05) is 12.1 Å². The fourth-order valence-electron chi connectivity index (χ4n) is 6.63. The van der Waals surface area contributed by atoms with Crippen molar-refractivity contribution in [3.8, 4) is 0 Å². The number of nitrogens with one attached hydrogen (secondary N) is 1. The van der Waals surface area contributed by atoms with Gasteiger partial charge in [0.05, 0.1) is 12.1 Å². The van der Waals surface area contributed by atoms with E-state index in [4.69, 9.17) is 0 Å². The smallest absolute Gasteiger partial charge is 0.250 e. The summed E-state index contributed by atoms with van der Waals surface area (Å²) in [4.78, 5) is 19.3. The number of aliphatic hydroxyl groups is 1. The molecule has 0 radical (unpaired) electrons. The topological polar surface area (TPSA) is 56.3 Å². The van der Waals surface area contributed by atoms with E-state index in [1.54, 1.807) is 0 Å². The van der Waals surface area contributed by atoms with Crippen molar-refractivity contribution in [3.05, 3.63) is 71.0 Å². The summed E-state index contributed by atoms with van der Waals surface area (Å²) >= 11 is 0. The van der Waals surface area contributed by atoms with Gasteiger partial charge in [0.1, 0.15) is 0 Å². The molecule has 2 bridgehead atoms. The van der Waals surface area contributed by atoms with Crippen LogP contribution in [0.15, 0.2) is 65.4 Å². The van der Waals surface area contributed by atoms with Crippen LogP contribution >= 0.6 is 0 Å². The lowest BCUT2D eigenvalue weighted by molar-refractivity contribution is -0.127. The Balaban J connectivity index is 1.57. The highest BCUT2D eigenvalue weighted by molar-refractivity contribution is 5.98. The number of aromatic amines is 1. The van der Waals surface area contributed by atoms with Crippen molar-refractivity contribution in [2.24, 2.45) is 11.3 Å². The van der Waals surface area contributed by atoms with Gasteiger partial charge in [0.2, 0.25) is 0 Å². The number of H-pyrrole nitrogens is 1. The molecule has 0 saturated heterocycles. The second kappa shape index (κ2) is 8.32. The molecule has 2 N–H and O–H groups in total. The maximum Gasteiger partial charge on any atom is 0.250 e. The maximum absolute atomic E-state index is 13.8. The number of fused-ring (bicyclic) bond motifs is 2. The van der Waals surface area contributed by atoms with E-state index in [-0.39, 0.29) is 17.4 Å². The number of aliphatic hydroxyl groups excluding tert-OH is 1. The monoisotopic (exact) mass is 444 g/mol. The van der Waals surface area contributed by atoms with Gasteiger partial charge in [0.25, 0.3) is 5.91 Å². The molecule has 0 fully saturated rings. The Kier molecular flexibility index (Phi) is 5.60. The lowest BCUT2D eigenvalue weighted by Crippen LogP contribution is -2.39. The third-order valence-electron chi connectivity index (χ3n) is 8.36. The van der Waals surface area contributed by atoms with Crippen LogP contribution in [-0.2, 0) is 11.3 Å². The Hall–Kier alpha value is -2.59. The number of para-hydroxylation sites is 1. The van der Waals surface area contributed by atoms with Gasteiger partial charge in [-0.1, -0.05) is 55.8 Å². The van der Waals surface area contributed by atoms with Crippen molar-refractivity contribution in [2.45, 2.75) is 78.0 Å². The molecular formula is C29H36N2O2. The van der Waals surface area contributed by atoms with Crippen LogP contribution in [-0.4, -0.2) is 33.0 Å². The Bertz CT molecular complexity index is 1170. The summed E-state index contributed by atoms with van der Waals surface area (Å²) in [5.74, 6) is 0.733.